The van der Waals surface area contributed by atoms with Gasteiger partial charge >= 0.3 is 0 Å². The van der Waals surface area contributed by atoms with Crippen molar-refractivity contribution in [1.29, 1.82) is 0 Å². The van der Waals surface area contributed by atoms with E-state index in [0.717, 1.165) is 56.6 Å². The molecule has 2 aromatic rings. The molecule has 3 heterocycles. The quantitative estimate of drug-likeness (QED) is 0.681. The Labute approximate surface area is 155 Å². The molecule has 1 atom stereocenters. The molecule has 1 aliphatic heterocycles. The molecule has 1 fully saturated rings. The van der Waals surface area contributed by atoms with Gasteiger partial charge in [0.15, 0.2) is 0 Å². The summed E-state index contributed by atoms with van der Waals surface area (Å²) in [5.74, 6) is 2.69. The number of nitrogens with zero attached hydrogens (tertiary/aromatic N) is 4. The molecule has 2 aliphatic rings. The molecule has 0 N–H and O–H groups in total. The van der Waals surface area contributed by atoms with Crippen LogP contribution in [-0.4, -0.2) is 46.3 Å². The van der Waals surface area contributed by atoms with Crippen molar-refractivity contribution in [3.63, 3.8) is 0 Å². The van der Waals surface area contributed by atoms with Gasteiger partial charge in [0.2, 0.25) is 5.88 Å². The number of methoxy groups -OCH3 is 1. The first kappa shape index (κ1) is 17.5. The molecule has 26 heavy (non-hydrogen) atoms. The van der Waals surface area contributed by atoms with Gasteiger partial charge in [0.1, 0.15) is 5.82 Å². The molecule has 0 spiro atoms. The van der Waals surface area contributed by atoms with Crippen molar-refractivity contribution < 1.29 is 9.47 Å². The van der Waals surface area contributed by atoms with Crippen LogP contribution in [0.1, 0.15) is 42.9 Å². The minimum Gasteiger partial charge on any atom is -0.481 e. The van der Waals surface area contributed by atoms with Crippen LogP contribution in [0.4, 0.5) is 0 Å². The molecule has 140 valence electrons. The number of ether oxygens (including phenoxy) is 2. The summed E-state index contributed by atoms with van der Waals surface area (Å²) in [5.41, 5.74) is 2.41. The average molecular weight is 356 g/mol. The highest BCUT2D eigenvalue weighted by Crippen LogP contribution is 2.30. The normalized spacial score (nSPS) is 20.2. The molecule has 4 rings (SSSR count). The van der Waals surface area contributed by atoms with E-state index in [9.17, 15) is 0 Å². The molecule has 6 heteroatoms. The summed E-state index contributed by atoms with van der Waals surface area (Å²) < 4.78 is 13.6. The minimum absolute atomic E-state index is 0.273. The maximum Gasteiger partial charge on any atom is 0.217 e. The van der Waals surface area contributed by atoms with Crippen LogP contribution in [0.5, 0.6) is 5.88 Å². The number of rotatable bonds is 8. The molecule has 0 amide bonds. The van der Waals surface area contributed by atoms with E-state index in [2.05, 4.69) is 27.4 Å². The van der Waals surface area contributed by atoms with Crippen LogP contribution >= 0.6 is 0 Å². The molecule has 0 saturated heterocycles. The van der Waals surface area contributed by atoms with Crippen LogP contribution in [-0.2, 0) is 24.2 Å². The minimum atomic E-state index is 0.273. The zero-order valence-electron chi connectivity index (χ0n) is 15.7. The number of hydrogen-bond acceptors (Lipinski definition) is 5. The maximum atomic E-state index is 5.80. The lowest BCUT2D eigenvalue weighted by Gasteiger charge is -2.34. The topological polar surface area (TPSA) is 52.4 Å². The second kappa shape index (κ2) is 7.76. The van der Waals surface area contributed by atoms with Crippen LogP contribution in [0, 0.1) is 5.92 Å². The monoisotopic (exact) mass is 356 g/mol. The fraction of sp³-hybridized carbons (Fsp3) is 0.600. The fourth-order valence-electron chi connectivity index (χ4n) is 3.68. The Balaban J connectivity index is 1.39. The van der Waals surface area contributed by atoms with Gasteiger partial charge in [-0.25, -0.2) is 9.97 Å². The predicted octanol–water partition coefficient (Wildman–Crippen LogP) is 2.83. The van der Waals surface area contributed by atoms with E-state index in [-0.39, 0.29) is 6.04 Å². The Kier molecular flexibility index (Phi) is 5.22. The highest BCUT2D eigenvalue weighted by atomic mass is 16.5. The van der Waals surface area contributed by atoms with Crippen molar-refractivity contribution in [1.82, 2.24) is 19.4 Å². The van der Waals surface area contributed by atoms with Crippen LogP contribution in [0.15, 0.2) is 24.5 Å². The van der Waals surface area contributed by atoms with E-state index in [0.29, 0.717) is 5.88 Å². The summed E-state index contributed by atoms with van der Waals surface area (Å²) in [6.07, 6.45) is 7.43. The van der Waals surface area contributed by atoms with Gasteiger partial charge in [0.05, 0.1) is 19.8 Å². The van der Waals surface area contributed by atoms with Crippen molar-refractivity contribution >= 4 is 0 Å². The number of hydrogen-bond donors (Lipinski definition) is 0. The van der Waals surface area contributed by atoms with Crippen LogP contribution in [0.25, 0.3) is 0 Å². The van der Waals surface area contributed by atoms with Crippen LogP contribution < -0.4 is 4.74 Å². The first-order valence-corrected chi connectivity index (χ1v) is 9.60. The van der Waals surface area contributed by atoms with Gasteiger partial charge < -0.3 is 14.0 Å². The number of aromatic nitrogens is 3. The first-order valence-electron chi connectivity index (χ1n) is 9.60. The molecule has 1 saturated carbocycles. The summed E-state index contributed by atoms with van der Waals surface area (Å²) in [7, 11) is 1.68. The molecule has 1 aliphatic carbocycles. The lowest BCUT2D eigenvalue weighted by molar-refractivity contribution is 0.124. The maximum absolute atomic E-state index is 5.80. The van der Waals surface area contributed by atoms with E-state index in [1.165, 1.54) is 18.5 Å². The van der Waals surface area contributed by atoms with Gasteiger partial charge in [-0.15, -0.1) is 0 Å². The lowest BCUT2D eigenvalue weighted by Crippen LogP contribution is -2.37. The standard InChI is InChI=1S/C20H28N4O2/c1-15-19-22-12-18(7-11-26-14-16-5-6-16)24(19)10-9-23(15)13-17-4-3-8-21-20(17)25-2/h3-4,8,12,15-16H,5-7,9-11,13-14H2,1-2H3/t15-/m1/s1. The second-order valence-electron chi connectivity index (χ2n) is 7.35. The molecule has 2 aromatic heterocycles. The largest absolute Gasteiger partial charge is 0.481 e. The summed E-state index contributed by atoms with van der Waals surface area (Å²) >= 11 is 0. The number of pyridine rings is 1. The van der Waals surface area contributed by atoms with Gasteiger partial charge in [-0.1, -0.05) is 6.07 Å². The van der Waals surface area contributed by atoms with Crippen molar-refractivity contribution in [3.05, 3.63) is 41.6 Å². The highest BCUT2D eigenvalue weighted by Gasteiger charge is 2.27. The van der Waals surface area contributed by atoms with Crippen molar-refractivity contribution in [3.8, 4) is 5.88 Å². The van der Waals surface area contributed by atoms with Gasteiger partial charge in [-0.2, -0.15) is 0 Å². The molecule has 0 unspecified atom stereocenters. The van der Waals surface area contributed by atoms with E-state index in [1.807, 2.05) is 12.3 Å². The number of fused-ring (bicyclic) bond motifs is 1. The molecule has 6 nitrogen and oxygen atoms in total. The molecule has 0 radical (unpaired) electrons. The predicted molar refractivity (Wildman–Crippen MR) is 99.1 cm³/mol. The van der Waals surface area contributed by atoms with Gasteiger partial charge in [0, 0.05) is 56.3 Å². The van der Waals surface area contributed by atoms with E-state index in [1.54, 1.807) is 13.3 Å². The summed E-state index contributed by atoms with van der Waals surface area (Å²) in [6.45, 7) is 6.75. The Morgan fingerprint density at radius 2 is 2.12 bits per heavy atom. The fourth-order valence-corrected chi connectivity index (χ4v) is 3.68. The van der Waals surface area contributed by atoms with Gasteiger partial charge in [-0.3, -0.25) is 4.90 Å². The Hall–Kier alpha value is -1.92. The van der Waals surface area contributed by atoms with Crippen molar-refractivity contribution in [2.45, 2.75) is 45.3 Å². The van der Waals surface area contributed by atoms with E-state index >= 15 is 0 Å². The Bertz CT molecular complexity index is 741. The van der Waals surface area contributed by atoms with Crippen molar-refractivity contribution in [2.24, 2.45) is 5.92 Å². The molecular formula is C20H28N4O2. The third-order valence-electron chi connectivity index (χ3n) is 5.47. The van der Waals surface area contributed by atoms with E-state index in [4.69, 9.17) is 14.5 Å². The van der Waals surface area contributed by atoms with Crippen LogP contribution in [0.3, 0.4) is 0 Å². The SMILES string of the molecule is COc1ncccc1CN1CCn2c(CCOCC3CC3)cnc2[C@H]1C. The zero-order chi connectivity index (χ0) is 17.9. The third-order valence-corrected chi connectivity index (χ3v) is 5.47. The second-order valence-corrected chi connectivity index (χ2v) is 7.35. The Morgan fingerprint density at radius 3 is 2.92 bits per heavy atom. The van der Waals surface area contributed by atoms with Gasteiger partial charge in [-0.05, 0) is 31.7 Å². The lowest BCUT2D eigenvalue weighted by atomic mass is 10.1. The smallest absolute Gasteiger partial charge is 0.217 e. The molecule has 0 bridgehead atoms. The molecular weight excluding hydrogens is 328 g/mol. The summed E-state index contributed by atoms with van der Waals surface area (Å²) in [4.78, 5) is 11.5. The first-order chi connectivity index (χ1) is 12.8. The summed E-state index contributed by atoms with van der Waals surface area (Å²) in [6, 6.07) is 4.32. The summed E-state index contributed by atoms with van der Waals surface area (Å²) in [5, 5.41) is 0. The molecule has 0 aromatic carbocycles. The number of imidazole rings is 1. The third kappa shape index (κ3) is 3.76. The Morgan fingerprint density at radius 1 is 1.23 bits per heavy atom. The highest BCUT2D eigenvalue weighted by molar-refractivity contribution is 5.25. The van der Waals surface area contributed by atoms with E-state index < -0.39 is 0 Å². The zero-order valence-corrected chi connectivity index (χ0v) is 15.7. The van der Waals surface area contributed by atoms with Crippen molar-refractivity contribution in [2.75, 3.05) is 26.9 Å². The average Bonchev–Trinajstić information content (AvgIpc) is 3.40. The van der Waals surface area contributed by atoms with Crippen LogP contribution in [0.2, 0.25) is 0 Å². The van der Waals surface area contributed by atoms with Gasteiger partial charge in [0.25, 0.3) is 0 Å².